The molecular formula is C23H25ClFN3O4S. The Bertz CT molecular complexity index is 1040. The Balaban J connectivity index is 1.56. The van der Waals surface area contributed by atoms with Gasteiger partial charge in [-0.2, -0.15) is 0 Å². The Kier molecular flexibility index (Phi) is 7.02. The lowest BCUT2D eigenvalue weighted by Crippen LogP contribution is -2.58. The van der Waals surface area contributed by atoms with Crippen LogP contribution in [-0.2, 0) is 16.0 Å². The number of nitrogens with zero attached hydrogens (tertiary/aromatic N) is 2. The fourth-order valence-electron chi connectivity index (χ4n) is 4.66. The zero-order chi connectivity index (χ0) is 23.6. The van der Waals surface area contributed by atoms with Gasteiger partial charge in [0.05, 0.1) is 18.2 Å². The predicted octanol–water partition coefficient (Wildman–Crippen LogP) is 3.57. The average Bonchev–Trinajstić information content (AvgIpc) is 3.34. The highest BCUT2D eigenvalue weighted by Crippen LogP contribution is 2.37. The van der Waals surface area contributed by atoms with Crippen LogP contribution in [0.3, 0.4) is 0 Å². The number of imide groups is 1. The number of thiophene rings is 1. The van der Waals surface area contributed by atoms with Crippen LogP contribution in [0.5, 0.6) is 0 Å². The number of nitrogens with one attached hydrogen (secondary N) is 1. The SMILES string of the molecule is COCCN1C(=O)NC(Cc2ccc(F)cc2)(C2CCN(C(=O)c3sccc3Cl)CC2)C1=O. The molecule has 33 heavy (non-hydrogen) atoms. The summed E-state index contributed by atoms with van der Waals surface area (Å²) in [6.45, 7) is 1.29. The van der Waals surface area contributed by atoms with Crippen LogP contribution in [0.15, 0.2) is 35.7 Å². The van der Waals surface area contributed by atoms with Crippen molar-refractivity contribution in [3.63, 3.8) is 0 Å². The van der Waals surface area contributed by atoms with Crippen LogP contribution in [0, 0.1) is 11.7 Å². The van der Waals surface area contributed by atoms with Crippen LogP contribution in [0.2, 0.25) is 5.02 Å². The zero-order valence-electron chi connectivity index (χ0n) is 18.2. The van der Waals surface area contributed by atoms with E-state index in [1.165, 1.54) is 35.5 Å². The number of carbonyl (C=O) groups is 3. The first-order valence-corrected chi connectivity index (χ1v) is 12.0. The van der Waals surface area contributed by atoms with Gasteiger partial charge < -0.3 is 15.0 Å². The third kappa shape index (κ3) is 4.62. The van der Waals surface area contributed by atoms with Crippen LogP contribution < -0.4 is 5.32 Å². The Hall–Kier alpha value is -2.49. The van der Waals surface area contributed by atoms with Gasteiger partial charge in [0.2, 0.25) is 0 Å². The molecule has 1 unspecified atom stereocenters. The smallest absolute Gasteiger partial charge is 0.325 e. The van der Waals surface area contributed by atoms with Crippen molar-refractivity contribution in [2.24, 2.45) is 5.92 Å². The zero-order valence-corrected chi connectivity index (χ0v) is 19.8. The van der Waals surface area contributed by atoms with E-state index in [9.17, 15) is 18.8 Å². The predicted molar refractivity (Wildman–Crippen MR) is 123 cm³/mol. The van der Waals surface area contributed by atoms with Gasteiger partial charge in [-0.3, -0.25) is 14.5 Å². The minimum Gasteiger partial charge on any atom is -0.383 e. The maximum absolute atomic E-state index is 13.6. The van der Waals surface area contributed by atoms with Gasteiger partial charge in [-0.15, -0.1) is 11.3 Å². The molecule has 0 saturated carbocycles. The molecule has 4 rings (SSSR count). The van der Waals surface area contributed by atoms with Crippen molar-refractivity contribution in [1.29, 1.82) is 0 Å². The summed E-state index contributed by atoms with van der Waals surface area (Å²) in [4.78, 5) is 42.6. The summed E-state index contributed by atoms with van der Waals surface area (Å²) >= 11 is 7.44. The van der Waals surface area contributed by atoms with E-state index >= 15 is 0 Å². The van der Waals surface area contributed by atoms with Crippen molar-refractivity contribution < 1.29 is 23.5 Å². The number of urea groups is 1. The van der Waals surface area contributed by atoms with Gasteiger partial charge in [-0.05, 0) is 47.9 Å². The lowest BCUT2D eigenvalue weighted by molar-refractivity contribution is -0.134. The van der Waals surface area contributed by atoms with Gasteiger partial charge >= 0.3 is 6.03 Å². The summed E-state index contributed by atoms with van der Waals surface area (Å²) in [5, 5.41) is 5.17. The van der Waals surface area contributed by atoms with E-state index in [0.717, 1.165) is 5.56 Å². The molecule has 0 bridgehead atoms. The second-order valence-corrected chi connectivity index (χ2v) is 9.64. The summed E-state index contributed by atoms with van der Waals surface area (Å²) in [5.74, 6) is -0.978. The molecule has 1 N–H and O–H groups in total. The maximum atomic E-state index is 13.6. The van der Waals surface area contributed by atoms with Crippen LogP contribution >= 0.6 is 22.9 Å². The van der Waals surface area contributed by atoms with Crippen LogP contribution in [-0.4, -0.2) is 66.5 Å². The van der Waals surface area contributed by atoms with Crippen LogP contribution in [0.4, 0.5) is 9.18 Å². The number of amides is 4. The van der Waals surface area contributed by atoms with E-state index in [0.29, 0.717) is 35.8 Å². The molecular weight excluding hydrogens is 469 g/mol. The van der Waals surface area contributed by atoms with Crippen LogP contribution in [0.25, 0.3) is 0 Å². The molecule has 0 spiro atoms. The number of halogens is 2. The van der Waals surface area contributed by atoms with E-state index in [4.69, 9.17) is 16.3 Å². The summed E-state index contributed by atoms with van der Waals surface area (Å²) in [6, 6.07) is 7.20. The quantitative estimate of drug-likeness (QED) is 0.598. The standard InChI is InChI=1S/C23H25ClFN3O4S/c1-32-12-11-28-21(30)23(26-22(28)31,14-15-2-4-17(25)5-3-15)16-6-9-27(10-7-16)20(29)19-18(24)8-13-33-19/h2-5,8,13,16H,6-7,9-12,14H2,1H3,(H,26,31). The Morgan fingerprint density at radius 1 is 1.24 bits per heavy atom. The molecule has 2 fully saturated rings. The van der Waals surface area contributed by atoms with Gasteiger partial charge in [-0.25, -0.2) is 9.18 Å². The third-order valence-electron chi connectivity index (χ3n) is 6.41. The number of benzene rings is 1. The molecule has 2 aromatic rings. The summed E-state index contributed by atoms with van der Waals surface area (Å²) in [5.41, 5.74) is -0.402. The van der Waals surface area contributed by atoms with Crippen molar-refractivity contribution in [3.8, 4) is 0 Å². The van der Waals surface area contributed by atoms with E-state index < -0.39 is 11.6 Å². The molecule has 1 aromatic carbocycles. The molecule has 4 amide bonds. The summed E-state index contributed by atoms with van der Waals surface area (Å²) < 4.78 is 18.5. The number of piperidine rings is 1. The molecule has 176 valence electrons. The largest absolute Gasteiger partial charge is 0.383 e. The van der Waals surface area contributed by atoms with E-state index in [-0.39, 0.29) is 43.1 Å². The fraction of sp³-hybridized carbons (Fsp3) is 0.435. The first-order chi connectivity index (χ1) is 15.9. The Morgan fingerprint density at radius 3 is 2.55 bits per heavy atom. The Labute approximate surface area is 200 Å². The van der Waals surface area contributed by atoms with Crippen molar-refractivity contribution in [2.45, 2.75) is 24.8 Å². The van der Waals surface area contributed by atoms with Crippen molar-refractivity contribution in [1.82, 2.24) is 15.1 Å². The highest BCUT2D eigenvalue weighted by atomic mass is 35.5. The lowest BCUT2D eigenvalue weighted by Gasteiger charge is -2.41. The maximum Gasteiger partial charge on any atom is 0.325 e. The van der Waals surface area contributed by atoms with E-state index in [1.807, 2.05) is 0 Å². The van der Waals surface area contributed by atoms with Gasteiger partial charge in [-0.1, -0.05) is 23.7 Å². The minimum atomic E-state index is -1.15. The fourth-order valence-corrected chi connectivity index (χ4v) is 5.76. The molecule has 2 saturated heterocycles. The molecule has 2 aliphatic rings. The van der Waals surface area contributed by atoms with Gasteiger partial charge in [0.25, 0.3) is 11.8 Å². The molecule has 3 heterocycles. The number of hydrogen-bond acceptors (Lipinski definition) is 5. The molecule has 2 aliphatic heterocycles. The number of carbonyl (C=O) groups excluding carboxylic acids is 3. The highest BCUT2D eigenvalue weighted by Gasteiger charge is 2.55. The molecule has 0 radical (unpaired) electrons. The number of methoxy groups -OCH3 is 1. The second kappa shape index (κ2) is 9.79. The van der Waals surface area contributed by atoms with Crippen molar-refractivity contribution in [3.05, 3.63) is 57.0 Å². The van der Waals surface area contributed by atoms with E-state index in [1.54, 1.807) is 28.5 Å². The monoisotopic (exact) mass is 493 g/mol. The van der Waals surface area contributed by atoms with Crippen molar-refractivity contribution in [2.75, 3.05) is 33.4 Å². The Morgan fingerprint density at radius 2 is 1.94 bits per heavy atom. The second-order valence-electron chi connectivity index (χ2n) is 8.32. The van der Waals surface area contributed by atoms with E-state index in [2.05, 4.69) is 5.32 Å². The van der Waals surface area contributed by atoms with Crippen molar-refractivity contribution >= 4 is 40.8 Å². The molecule has 7 nitrogen and oxygen atoms in total. The number of ether oxygens (including phenoxy) is 1. The molecule has 1 aromatic heterocycles. The normalized spacial score (nSPS) is 21.5. The number of likely N-dealkylation sites (tertiary alicyclic amines) is 1. The molecule has 10 heteroatoms. The topological polar surface area (TPSA) is 79.0 Å². The van der Waals surface area contributed by atoms with Gasteiger partial charge in [0, 0.05) is 26.6 Å². The molecule has 0 aliphatic carbocycles. The average molecular weight is 494 g/mol. The van der Waals surface area contributed by atoms with Gasteiger partial charge in [0.15, 0.2) is 0 Å². The molecule has 1 atom stereocenters. The summed E-state index contributed by atoms with van der Waals surface area (Å²) in [7, 11) is 1.51. The lowest BCUT2D eigenvalue weighted by atomic mass is 9.74. The highest BCUT2D eigenvalue weighted by molar-refractivity contribution is 7.12. The van der Waals surface area contributed by atoms with Gasteiger partial charge in [0.1, 0.15) is 16.2 Å². The van der Waals surface area contributed by atoms with Crippen LogP contribution in [0.1, 0.15) is 28.1 Å². The number of rotatable bonds is 7. The first-order valence-electron chi connectivity index (χ1n) is 10.8. The summed E-state index contributed by atoms with van der Waals surface area (Å²) in [6.07, 6.45) is 1.33. The first kappa shape index (κ1) is 23.7. The minimum absolute atomic E-state index is 0.121. The third-order valence-corrected chi connectivity index (χ3v) is 7.74. The number of hydrogen-bond donors (Lipinski definition) is 1.